The Kier molecular flexibility index (Phi) is 5.95. The molecule has 10 heteroatoms. The minimum atomic E-state index is 0.264. The average molecular weight is 487 g/mol. The van der Waals surface area contributed by atoms with Crippen molar-refractivity contribution in [2.24, 2.45) is 0 Å². The van der Waals surface area contributed by atoms with Gasteiger partial charge in [-0.2, -0.15) is 0 Å². The lowest BCUT2D eigenvalue weighted by molar-refractivity contribution is 0.174. The molecule has 164 valence electrons. The third-order valence-corrected chi connectivity index (χ3v) is 7.13. The van der Waals surface area contributed by atoms with Gasteiger partial charge in [-0.3, -0.25) is 0 Å². The first kappa shape index (κ1) is 21.1. The molecule has 0 amide bonds. The molecule has 0 atom stereocenters. The van der Waals surface area contributed by atoms with Gasteiger partial charge in [0.2, 0.25) is 6.79 Å². The highest BCUT2D eigenvalue weighted by Crippen LogP contribution is 2.38. The van der Waals surface area contributed by atoms with E-state index < -0.39 is 0 Å². The molecule has 0 unspecified atom stereocenters. The van der Waals surface area contributed by atoms with Crippen LogP contribution < -0.4 is 14.2 Å². The molecule has 1 aliphatic rings. The van der Waals surface area contributed by atoms with Crippen molar-refractivity contribution in [2.45, 2.75) is 24.4 Å². The molecule has 4 aromatic rings. The van der Waals surface area contributed by atoms with Crippen molar-refractivity contribution < 1.29 is 14.2 Å². The van der Waals surface area contributed by atoms with Crippen LogP contribution in [0.15, 0.2) is 46.9 Å². The summed E-state index contributed by atoms with van der Waals surface area (Å²) in [5.41, 5.74) is 2.82. The van der Waals surface area contributed by atoms with E-state index in [1.165, 1.54) is 0 Å². The number of benzene rings is 2. The summed E-state index contributed by atoms with van der Waals surface area (Å²) < 4.78 is 18.4. The van der Waals surface area contributed by atoms with Gasteiger partial charge in [0.1, 0.15) is 10.8 Å². The van der Waals surface area contributed by atoms with Gasteiger partial charge in [0.25, 0.3) is 0 Å². The Morgan fingerprint density at radius 1 is 1.16 bits per heavy atom. The Bertz CT molecular complexity index is 1270. The molecule has 2 aromatic carbocycles. The number of rotatable bonds is 7. The highest BCUT2D eigenvalue weighted by molar-refractivity contribution is 7.98. The maximum Gasteiger partial charge on any atom is 0.231 e. The van der Waals surface area contributed by atoms with Gasteiger partial charge in [-0.1, -0.05) is 23.4 Å². The fraction of sp³-hybridized carbons (Fsp3) is 0.227. The summed E-state index contributed by atoms with van der Waals surface area (Å²) in [6.45, 7) is 3.05. The summed E-state index contributed by atoms with van der Waals surface area (Å²) in [5.74, 6) is 3.65. The highest BCUT2D eigenvalue weighted by Gasteiger charge is 2.19. The van der Waals surface area contributed by atoms with Crippen molar-refractivity contribution in [3.63, 3.8) is 0 Å². The quantitative estimate of drug-likeness (QED) is 0.307. The number of thioether (sulfide) groups is 1. The van der Waals surface area contributed by atoms with E-state index in [1.54, 1.807) is 36.3 Å². The number of nitrogens with zero attached hydrogens (tertiary/aromatic N) is 4. The Labute approximate surface area is 198 Å². The summed E-state index contributed by atoms with van der Waals surface area (Å²) in [4.78, 5) is 4.79. The first-order chi connectivity index (χ1) is 15.7. The van der Waals surface area contributed by atoms with Crippen LogP contribution >= 0.6 is 34.7 Å². The van der Waals surface area contributed by atoms with Crippen LogP contribution in [0.2, 0.25) is 5.02 Å². The molecule has 0 N–H and O–H groups in total. The van der Waals surface area contributed by atoms with Crippen LogP contribution in [0.25, 0.3) is 22.0 Å². The van der Waals surface area contributed by atoms with Gasteiger partial charge in [0.15, 0.2) is 22.5 Å². The predicted molar refractivity (Wildman–Crippen MR) is 126 cm³/mol. The second-order valence-corrected chi connectivity index (χ2v) is 9.13. The maximum atomic E-state index is 6.21. The lowest BCUT2D eigenvalue weighted by Crippen LogP contribution is -2.01. The van der Waals surface area contributed by atoms with E-state index >= 15 is 0 Å². The number of fused-ring (bicyclic) bond motifs is 1. The lowest BCUT2D eigenvalue weighted by Gasteiger charge is -2.10. The normalized spacial score (nSPS) is 12.3. The van der Waals surface area contributed by atoms with Crippen LogP contribution in [-0.2, 0) is 12.3 Å². The summed E-state index contributed by atoms with van der Waals surface area (Å²) >= 11 is 9.42. The maximum absolute atomic E-state index is 6.21. The molecular weight excluding hydrogens is 468 g/mol. The molecule has 0 radical (unpaired) electrons. The van der Waals surface area contributed by atoms with Crippen LogP contribution in [0.4, 0.5) is 0 Å². The fourth-order valence-electron chi connectivity index (χ4n) is 3.41. The third-order valence-electron chi connectivity index (χ3n) is 4.96. The second-order valence-electron chi connectivity index (χ2n) is 6.90. The fourth-order valence-corrected chi connectivity index (χ4v) is 5.40. The number of halogens is 1. The summed E-state index contributed by atoms with van der Waals surface area (Å²) in [7, 11) is 1.63. The van der Waals surface area contributed by atoms with Gasteiger partial charge in [-0.15, -0.1) is 21.5 Å². The van der Waals surface area contributed by atoms with E-state index in [9.17, 15) is 0 Å². The van der Waals surface area contributed by atoms with Crippen molar-refractivity contribution in [3.05, 3.63) is 52.5 Å². The molecule has 7 nitrogen and oxygen atoms in total. The molecule has 0 aliphatic carbocycles. The van der Waals surface area contributed by atoms with E-state index in [2.05, 4.69) is 27.1 Å². The first-order valence-corrected chi connectivity index (χ1v) is 12.1. The zero-order valence-corrected chi connectivity index (χ0v) is 19.8. The van der Waals surface area contributed by atoms with Crippen LogP contribution in [-0.4, -0.2) is 33.7 Å². The number of thiazole rings is 1. The van der Waals surface area contributed by atoms with E-state index in [0.29, 0.717) is 16.5 Å². The standard InChI is InChI=1S/C22H19ClN4O3S2/c1-3-27-20(16-9-14(23)5-7-17(16)28-2)25-26-22(27)32-11-15-10-31-21(24-15)13-4-6-18-19(8-13)30-12-29-18/h4-10H,3,11-12H2,1-2H3. The van der Waals surface area contributed by atoms with E-state index in [0.717, 1.165) is 50.9 Å². The molecule has 0 spiro atoms. The van der Waals surface area contributed by atoms with Crippen molar-refractivity contribution in [2.75, 3.05) is 13.9 Å². The minimum Gasteiger partial charge on any atom is -0.496 e. The lowest BCUT2D eigenvalue weighted by atomic mass is 10.2. The largest absolute Gasteiger partial charge is 0.496 e. The van der Waals surface area contributed by atoms with Gasteiger partial charge >= 0.3 is 0 Å². The third kappa shape index (κ3) is 4.03. The second kappa shape index (κ2) is 9.01. The zero-order valence-electron chi connectivity index (χ0n) is 17.4. The van der Waals surface area contributed by atoms with E-state index in [1.807, 2.05) is 30.3 Å². The molecule has 2 aromatic heterocycles. The zero-order chi connectivity index (χ0) is 22.1. The molecule has 0 bridgehead atoms. The molecule has 5 rings (SSSR count). The smallest absolute Gasteiger partial charge is 0.231 e. The molecular formula is C22H19ClN4O3S2. The number of methoxy groups -OCH3 is 1. The molecule has 3 heterocycles. The summed E-state index contributed by atoms with van der Waals surface area (Å²) in [5, 5.41) is 13.3. The SMILES string of the molecule is CCn1c(SCc2csc(-c3ccc4c(c3)OCO4)n2)nnc1-c1cc(Cl)ccc1OC. The van der Waals surface area contributed by atoms with Gasteiger partial charge in [0.05, 0.1) is 18.4 Å². The Morgan fingerprint density at radius 3 is 2.88 bits per heavy atom. The van der Waals surface area contributed by atoms with Crippen LogP contribution in [0.5, 0.6) is 17.2 Å². The monoisotopic (exact) mass is 486 g/mol. The molecule has 32 heavy (non-hydrogen) atoms. The molecule has 1 aliphatic heterocycles. The summed E-state index contributed by atoms with van der Waals surface area (Å²) in [6, 6.07) is 11.4. The predicted octanol–water partition coefficient (Wildman–Crippen LogP) is 5.77. The average Bonchev–Trinajstić information content (AvgIpc) is 3.56. The Morgan fingerprint density at radius 2 is 2.03 bits per heavy atom. The van der Waals surface area contributed by atoms with Gasteiger partial charge in [-0.25, -0.2) is 4.98 Å². The van der Waals surface area contributed by atoms with Crippen molar-refractivity contribution in [1.29, 1.82) is 0 Å². The first-order valence-electron chi connectivity index (χ1n) is 9.90. The molecule has 0 fully saturated rings. The van der Waals surface area contributed by atoms with Crippen molar-refractivity contribution in [3.8, 4) is 39.2 Å². The number of ether oxygens (including phenoxy) is 3. The topological polar surface area (TPSA) is 71.3 Å². The van der Waals surface area contributed by atoms with Crippen LogP contribution in [0, 0.1) is 0 Å². The van der Waals surface area contributed by atoms with Crippen LogP contribution in [0.3, 0.4) is 0 Å². The van der Waals surface area contributed by atoms with E-state index in [4.69, 9.17) is 30.8 Å². The van der Waals surface area contributed by atoms with Crippen molar-refractivity contribution >= 4 is 34.7 Å². The van der Waals surface area contributed by atoms with Gasteiger partial charge in [-0.05, 0) is 43.3 Å². The highest BCUT2D eigenvalue weighted by atomic mass is 35.5. The Balaban J connectivity index is 1.35. The summed E-state index contributed by atoms with van der Waals surface area (Å²) in [6.07, 6.45) is 0. The molecule has 0 saturated heterocycles. The van der Waals surface area contributed by atoms with Gasteiger partial charge < -0.3 is 18.8 Å². The number of hydrogen-bond donors (Lipinski definition) is 0. The van der Waals surface area contributed by atoms with Crippen molar-refractivity contribution in [1.82, 2.24) is 19.7 Å². The van der Waals surface area contributed by atoms with E-state index in [-0.39, 0.29) is 6.79 Å². The number of hydrogen-bond acceptors (Lipinski definition) is 8. The molecule has 0 saturated carbocycles. The van der Waals surface area contributed by atoms with Crippen LogP contribution in [0.1, 0.15) is 12.6 Å². The minimum absolute atomic E-state index is 0.264. The Hall–Kier alpha value is -2.75. The number of aromatic nitrogens is 4. The van der Waals surface area contributed by atoms with Gasteiger partial charge in [0, 0.05) is 28.3 Å².